The van der Waals surface area contributed by atoms with Crippen LogP contribution in [0.4, 0.5) is 4.39 Å². The van der Waals surface area contributed by atoms with Gasteiger partial charge < -0.3 is 5.32 Å². The van der Waals surface area contributed by atoms with Crippen LogP contribution in [-0.2, 0) is 6.42 Å². The van der Waals surface area contributed by atoms with Crippen LogP contribution in [0.15, 0.2) is 18.2 Å². The van der Waals surface area contributed by atoms with Gasteiger partial charge in [0.25, 0.3) is 0 Å². The predicted molar refractivity (Wildman–Crippen MR) is 79.4 cm³/mol. The van der Waals surface area contributed by atoms with E-state index in [-0.39, 0.29) is 5.82 Å². The van der Waals surface area contributed by atoms with Gasteiger partial charge in [0.05, 0.1) is 0 Å². The summed E-state index contributed by atoms with van der Waals surface area (Å²) in [6.07, 6.45) is 4.59. The third kappa shape index (κ3) is 3.41. The molecule has 1 aromatic carbocycles. The Kier molecular flexibility index (Phi) is 4.08. The molecule has 0 bridgehead atoms. The lowest BCUT2D eigenvalue weighted by Gasteiger charge is -2.00. The normalized spacial score (nSPS) is 14.7. The quantitative estimate of drug-likeness (QED) is 0.830. The molecular formula is C15H18FN3S. The Bertz CT molecular complexity index is 593. The molecule has 5 heteroatoms. The van der Waals surface area contributed by atoms with E-state index >= 15 is 0 Å². The molecule has 1 N–H and O–H groups in total. The van der Waals surface area contributed by atoms with Gasteiger partial charge in [-0.1, -0.05) is 17.4 Å². The number of aromatic nitrogens is 2. The highest BCUT2D eigenvalue weighted by atomic mass is 32.1. The van der Waals surface area contributed by atoms with E-state index in [4.69, 9.17) is 0 Å². The minimum atomic E-state index is -0.219. The summed E-state index contributed by atoms with van der Waals surface area (Å²) < 4.78 is 13.9. The molecule has 1 aliphatic carbocycles. The average molecular weight is 291 g/mol. The van der Waals surface area contributed by atoms with Crippen LogP contribution in [0.2, 0.25) is 0 Å². The fraction of sp³-hybridized carbons (Fsp3) is 0.467. The number of halogens is 1. The highest BCUT2D eigenvalue weighted by Crippen LogP contribution is 2.27. The van der Waals surface area contributed by atoms with Crippen molar-refractivity contribution in [2.75, 3.05) is 6.54 Å². The maximum atomic E-state index is 13.9. The van der Waals surface area contributed by atoms with Crippen molar-refractivity contribution in [2.45, 2.75) is 38.6 Å². The Morgan fingerprint density at radius 1 is 1.35 bits per heavy atom. The summed E-state index contributed by atoms with van der Waals surface area (Å²) in [7, 11) is 0. The van der Waals surface area contributed by atoms with Crippen LogP contribution in [0.25, 0.3) is 10.6 Å². The summed E-state index contributed by atoms with van der Waals surface area (Å²) in [6, 6.07) is 5.97. The van der Waals surface area contributed by atoms with Crippen molar-refractivity contribution in [2.24, 2.45) is 0 Å². The molecule has 0 atom stereocenters. The number of hydrogen-bond donors (Lipinski definition) is 1. The van der Waals surface area contributed by atoms with Crippen LogP contribution in [0, 0.1) is 12.7 Å². The van der Waals surface area contributed by atoms with E-state index in [1.54, 1.807) is 6.07 Å². The minimum absolute atomic E-state index is 0.219. The molecule has 1 aliphatic rings. The van der Waals surface area contributed by atoms with Gasteiger partial charge in [-0.15, -0.1) is 10.2 Å². The van der Waals surface area contributed by atoms with E-state index in [9.17, 15) is 4.39 Å². The first kappa shape index (κ1) is 13.6. The molecule has 3 rings (SSSR count). The summed E-state index contributed by atoms with van der Waals surface area (Å²) in [5.41, 5.74) is 1.47. The van der Waals surface area contributed by atoms with Gasteiger partial charge in [-0.2, -0.15) is 0 Å². The fourth-order valence-electron chi connectivity index (χ4n) is 2.09. The van der Waals surface area contributed by atoms with Crippen molar-refractivity contribution in [1.82, 2.24) is 15.5 Å². The second-order valence-corrected chi connectivity index (χ2v) is 6.38. The molecular weight excluding hydrogens is 273 g/mol. The van der Waals surface area contributed by atoms with Crippen molar-refractivity contribution in [3.8, 4) is 10.6 Å². The summed E-state index contributed by atoms with van der Waals surface area (Å²) in [6.45, 7) is 2.91. The molecule has 106 valence electrons. The Morgan fingerprint density at radius 2 is 2.20 bits per heavy atom. The van der Waals surface area contributed by atoms with E-state index in [0.717, 1.165) is 36.0 Å². The second kappa shape index (κ2) is 5.97. The van der Waals surface area contributed by atoms with Gasteiger partial charge in [0.2, 0.25) is 0 Å². The highest BCUT2D eigenvalue weighted by molar-refractivity contribution is 7.14. The molecule has 3 nitrogen and oxygen atoms in total. The molecule has 0 spiro atoms. The van der Waals surface area contributed by atoms with Gasteiger partial charge in [0.1, 0.15) is 10.8 Å². The number of rotatable bonds is 6. The predicted octanol–water partition coefficient (Wildman–Crippen LogP) is 3.34. The number of benzene rings is 1. The molecule has 0 saturated heterocycles. The standard InChI is InChI=1S/C15H18FN3S/c1-10-4-7-12(13(16)9-10)15-19-18-14(20-15)3-2-8-17-11-5-6-11/h4,7,9,11,17H,2-3,5-6,8H2,1H3. The molecule has 1 fully saturated rings. The Hall–Kier alpha value is -1.33. The SMILES string of the molecule is Cc1ccc(-c2nnc(CCCNC3CC3)s2)c(F)c1. The van der Waals surface area contributed by atoms with Crippen molar-refractivity contribution < 1.29 is 4.39 Å². The van der Waals surface area contributed by atoms with Gasteiger partial charge in [-0.05, 0) is 50.4 Å². The van der Waals surface area contributed by atoms with E-state index in [2.05, 4.69) is 15.5 Å². The molecule has 1 aromatic heterocycles. The van der Waals surface area contributed by atoms with Gasteiger partial charge in [0.15, 0.2) is 5.01 Å². The van der Waals surface area contributed by atoms with Gasteiger partial charge in [0, 0.05) is 18.0 Å². The molecule has 0 unspecified atom stereocenters. The van der Waals surface area contributed by atoms with Gasteiger partial charge in [-0.25, -0.2) is 4.39 Å². The van der Waals surface area contributed by atoms with Crippen molar-refractivity contribution in [1.29, 1.82) is 0 Å². The minimum Gasteiger partial charge on any atom is -0.314 e. The first-order valence-corrected chi connectivity index (χ1v) is 7.86. The number of nitrogens with one attached hydrogen (secondary N) is 1. The lowest BCUT2D eigenvalue weighted by atomic mass is 10.1. The van der Waals surface area contributed by atoms with Crippen molar-refractivity contribution in [3.63, 3.8) is 0 Å². The van der Waals surface area contributed by atoms with Crippen LogP contribution < -0.4 is 5.32 Å². The molecule has 2 aromatic rings. The Morgan fingerprint density at radius 3 is 2.95 bits per heavy atom. The van der Waals surface area contributed by atoms with Crippen LogP contribution in [0.3, 0.4) is 0 Å². The lowest BCUT2D eigenvalue weighted by Crippen LogP contribution is -2.17. The summed E-state index contributed by atoms with van der Waals surface area (Å²) >= 11 is 1.49. The fourth-order valence-corrected chi connectivity index (χ4v) is 3.00. The Balaban J connectivity index is 1.60. The topological polar surface area (TPSA) is 37.8 Å². The van der Waals surface area contributed by atoms with E-state index < -0.39 is 0 Å². The average Bonchev–Trinajstić information content (AvgIpc) is 3.13. The van der Waals surface area contributed by atoms with Crippen molar-refractivity contribution >= 4 is 11.3 Å². The van der Waals surface area contributed by atoms with Crippen LogP contribution in [0.5, 0.6) is 0 Å². The third-order valence-corrected chi connectivity index (χ3v) is 4.42. The summed E-state index contributed by atoms with van der Waals surface area (Å²) in [5, 5.41) is 13.4. The molecule has 0 amide bonds. The first-order valence-electron chi connectivity index (χ1n) is 7.04. The number of nitrogens with zero attached hydrogens (tertiary/aromatic N) is 2. The van der Waals surface area contributed by atoms with Gasteiger partial charge in [-0.3, -0.25) is 0 Å². The molecule has 0 radical (unpaired) electrons. The molecule has 20 heavy (non-hydrogen) atoms. The maximum Gasteiger partial charge on any atom is 0.150 e. The number of hydrogen-bond acceptors (Lipinski definition) is 4. The zero-order valence-electron chi connectivity index (χ0n) is 11.5. The monoisotopic (exact) mass is 291 g/mol. The largest absolute Gasteiger partial charge is 0.314 e. The van der Waals surface area contributed by atoms with Crippen LogP contribution in [-0.4, -0.2) is 22.8 Å². The van der Waals surface area contributed by atoms with E-state index in [1.165, 1.54) is 30.2 Å². The number of aryl methyl sites for hydroxylation is 2. The zero-order valence-corrected chi connectivity index (χ0v) is 12.3. The Labute approximate surface area is 122 Å². The summed E-state index contributed by atoms with van der Waals surface area (Å²) in [4.78, 5) is 0. The zero-order chi connectivity index (χ0) is 13.9. The van der Waals surface area contributed by atoms with Gasteiger partial charge >= 0.3 is 0 Å². The van der Waals surface area contributed by atoms with Crippen LogP contribution in [0.1, 0.15) is 29.8 Å². The molecule has 1 heterocycles. The van der Waals surface area contributed by atoms with E-state index in [0.29, 0.717) is 10.6 Å². The first-order chi connectivity index (χ1) is 9.72. The third-order valence-electron chi connectivity index (χ3n) is 3.40. The lowest BCUT2D eigenvalue weighted by molar-refractivity contribution is 0.629. The molecule has 0 aliphatic heterocycles. The van der Waals surface area contributed by atoms with Crippen molar-refractivity contribution in [3.05, 3.63) is 34.6 Å². The summed E-state index contributed by atoms with van der Waals surface area (Å²) in [5.74, 6) is -0.219. The molecule has 1 saturated carbocycles. The smallest absolute Gasteiger partial charge is 0.150 e. The maximum absolute atomic E-state index is 13.9. The highest BCUT2D eigenvalue weighted by Gasteiger charge is 2.19. The van der Waals surface area contributed by atoms with Crippen LogP contribution >= 0.6 is 11.3 Å². The second-order valence-electron chi connectivity index (χ2n) is 5.32. The van der Waals surface area contributed by atoms with E-state index in [1.807, 2.05) is 13.0 Å².